The van der Waals surface area contributed by atoms with Crippen molar-refractivity contribution in [3.8, 4) is 0 Å². The number of carboxylic acid groups (broad SMARTS) is 1. The topological polar surface area (TPSA) is 66.4 Å². The lowest BCUT2D eigenvalue weighted by atomic mass is 9.81. The third kappa shape index (κ3) is 3.48. The van der Waals surface area contributed by atoms with Crippen LogP contribution < -0.4 is 5.32 Å². The second-order valence-electron chi connectivity index (χ2n) is 5.00. The summed E-state index contributed by atoms with van der Waals surface area (Å²) < 4.78 is 13.5. The van der Waals surface area contributed by atoms with Crippen molar-refractivity contribution in [2.75, 3.05) is 5.32 Å². The molecule has 1 aromatic rings. The van der Waals surface area contributed by atoms with E-state index >= 15 is 0 Å². The zero-order valence-electron chi connectivity index (χ0n) is 10.7. The van der Waals surface area contributed by atoms with Gasteiger partial charge in [0.1, 0.15) is 5.82 Å². The predicted molar refractivity (Wildman–Crippen MR) is 73.1 cm³/mol. The molecule has 0 radical (unpaired) electrons. The molecule has 1 fully saturated rings. The molecule has 0 heterocycles. The summed E-state index contributed by atoms with van der Waals surface area (Å²) in [6.07, 6.45) is 1.97. The minimum absolute atomic E-state index is 0.0582. The van der Waals surface area contributed by atoms with Gasteiger partial charge in [-0.1, -0.05) is 11.6 Å². The maximum atomic E-state index is 13.5. The second-order valence-corrected chi connectivity index (χ2v) is 5.44. The summed E-state index contributed by atoms with van der Waals surface area (Å²) in [4.78, 5) is 22.9. The van der Waals surface area contributed by atoms with Gasteiger partial charge in [-0.3, -0.25) is 9.59 Å². The first-order valence-corrected chi connectivity index (χ1v) is 6.84. The van der Waals surface area contributed by atoms with Gasteiger partial charge in [-0.05, 0) is 43.9 Å². The van der Waals surface area contributed by atoms with Crippen LogP contribution in [0.2, 0.25) is 5.02 Å². The number of halogens is 2. The molecular formula is C14H15ClFNO3. The lowest BCUT2D eigenvalue weighted by Crippen LogP contribution is -2.29. The molecule has 0 atom stereocenters. The molecule has 1 saturated carbocycles. The molecule has 108 valence electrons. The van der Waals surface area contributed by atoms with Crippen LogP contribution in [0.25, 0.3) is 0 Å². The molecule has 1 aromatic carbocycles. The number of rotatable bonds is 3. The molecule has 0 spiro atoms. The first-order chi connectivity index (χ1) is 9.47. The summed E-state index contributed by atoms with van der Waals surface area (Å²) >= 11 is 5.76. The van der Waals surface area contributed by atoms with Crippen LogP contribution in [-0.4, -0.2) is 17.0 Å². The van der Waals surface area contributed by atoms with Gasteiger partial charge >= 0.3 is 5.97 Å². The zero-order valence-corrected chi connectivity index (χ0v) is 11.5. The normalized spacial score (nSPS) is 22.3. The van der Waals surface area contributed by atoms with Crippen molar-refractivity contribution in [3.05, 3.63) is 29.0 Å². The third-order valence-electron chi connectivity index (χ3n) is 3.63. The number of hydrogen-bond donors (Lipinski definition) is 2. The molecule has 20 heavy (non-hydrogen) atoms. The van der Waals surface area contributed by atoms with E-state index in [1.165, 1.54) is 18.2 Å². The molecule has 2 N–H and O–H groups in total. The molecule has 4 nitrogen and oxygen atoms in total. The minimum atomic E-state index is -0.815. The first-order valence-electron chi connectivity index (χ1n) is 6.46. The number of anilines is 1. The number of carboxylic acids is 1. The van der Waals surface area contributed by atoms with Gasteiger partial charge in [0, 0.05) is 10.9 Å². The average molecular weight is 300 g/mol. The maximum Gasteiger partial charge on any atom is 0.306 e. The smallest absolute Gasteiger partial charge is 0.306 e. The van der Waals surface area contributed by atoms with Crippen LogP contribution in [0.15, 0.2) is 18.2 Å². The number of carbonyl (C=O) groups excluding carboxylic acids is 1. The molecule has 1 aliphatic rings. The average Bonchev–Trinajstić information content (AvgIpc) is 2.43. The van der Waals surface area contributed by atoms with Crippen LogP contribution >= 0.6 is 11.6 Å². The summed E-state index contributed by atoms with van der Waals surface area (Å²) in [5, 5.41) is 11.8. The minimum Gasteiger partial charge on any atom is -0.481 e. The lowest BCUT2D eigenvalue weighted by molar-refractivity contribution is -0.143. The van der Waals surface area contributed by atoms with E-state index in [0.717, 1.165) is 0 Å². The Balaban J connectivity index is 1.96. The van der Waals surface area contributed by atoms with Gasteiger partial charge in [0.15, 0.2) is 0 Å². The van der Waals surface area contributed by atoms with Crippen LogP contribution in [-0.2, 0) is 9.59 Å². The van der Waals surface area contributed by atoms with Crippen LogP contribution in [0.3, 0.4) is 0 Å². The third-order valence-corrected chi connectivity index (χ3v) is 3.87. The highest BCUT2D eigenvalue weighted by atomic mass is 35.5. The van der Waals surface area contributed by atoms with Crippen molar-refractivity contribution in [2.45, 2.75) is 25.7 Å². The molecule has 0 saturated heterocycles. The summed E-state index contributed by atoms with van der Waals surface area (Å²) in [5.41, 5.74) is 0.0582. The van der Waals surface area contributed by atoms with E-state index in [9.17, 15) is 14.0 Å². The highest BCUT2D eigenvalue weighted by Crippen LogP contribution is 2.30. The number of amides is 1. The fourth-order valence-electron chi connectivity index (χ4n) is 2.43. The number of nitrogens with one attached hydrogen (secondary N) is 1. The monoisotopic (exact) mass is 299 g/mol. The van der Waals surface area contributed by atoms with Gasteiger partial charge < -0.3 is 10.4 Å². The molecule has 1 amide bonds. The Kier molecular flexibility index (Phi) is 4.60. The van der Waals surface area contributed by atoms with Gasteiger partial charge in [-0.2, -0.15) is 0 Å². The van der Waals surface area contributed by atoms with E-state index < -0.39 is 11.8 Å². The molecule has 6 heteroatoms. The van der Waals surface area contributed by atoms with E-state index in [1.54, 1.807) is 0 Å². The Bertz CT molecular complexity index is 527. The van der Waals surface area contributed by atoms with Crippen molar-refractivity contribution < 1.29 is 19.1 Å². The molecule has 2 rings (SSSR count). The van der Waals surface area contributed by atoms with Crippen molar-refractivity contribution in [3.63, 3.8) is 0 Å². The summed E-state index contributed by atoms with van der Waals surface area (Å²) in [6, 6.07) is 3.96. The molecule has 0 aliphatic heterocycles. The second kappa shape index (κ2) is 6.22. The molecular weight excluding hydrogens is 285 g/mol. The summed E-state index contributed by atoms with van der Waals surface area (Å²) in [6.45, 7) is 0. The van der Waals surface area contributed by atoms with Crippen LogP contribution in [0.5, 0.6) is 0 Å². The number of carbonyl (C=O) groups is 2. The highest BCUT2D eigenvalue weighted by molar-refractivity contribution is 6.30. The summed E-state index contributed by atoms with van der Waals surface area (Å²) in [5.74, 6) is -2.28. The first kappa shape index (κ1) is 14.8. The SMILES string of the molecule is O=C(O)C1CCC(C(=O)Nc2cc(Cl)ccc2F)CC1. The van der Waals surface area contributed by atoms with Crippen molar-refractivity contribution in [1.29, 1.82) is 0 Å². The van der Waals surface area contributed by atoms with Crippen molar-refractivity contribution >= 4 is 29.2 Å². The Morgan fingerprint density at radius 1 is 1.20 bits per heavy atom. The fraction of sp³-hybridized carbons (Fsp3) is 0.429. The van der Waals surface area contributed by atoms with Gasteiger partial charge in [-0.25, -0.2) is 4.39 Å². The fourth-order valence-corrected chi connectivity index (χ4v) is 2.60. The molecule has 0 bridgehead atoms. The number of hydrogen-bond acceptors (Lipinski definition) is 2. The zero-order chi connectivity index (χ0) is 14.7. The van der Waals surface area contributed by atoms with Crippen molar-refractivity contribution in [1.82, 2.24) is 0 Å². The van der Waals surface area contributed by atoms with Gasteiger partial charge in [0.25, 0.3) is 0 Å². The van der Waals surface area contributed by atoms with Gasteiger partial charge in [-0.15, -0.1) is 0 Å². The van der Waals surface area contributed by atoms with Gasteiger partial charge in [0.05, 0.1) is 11.6 Å². The standard InChI is InChI=1S/C14H15ClFNO3/c15-10-5-6-11(16)12(7-10)17-13(18)8-1-3-9(4-2-8)14(19)20/h5-9H,1-4H2,(H,17,18)(H,19,20). The number of aliphatic carboxylic acids is 1. The Morgan fingerprint density at radius 2 is 1.80 bits per heavy atom. The summed E-state index contributed by atoms with van der Waals surface area (Å²) in [7, 11) is 0. The van der Waals surface area contributed by atoms with Crippen molar-refractivity contribution in [2.24, 2.45) is 11.8 Å². The Morgan fingerprint density at radius 3 is 2.40 bits per heavy atom. The van der Waals surface area contributed by atoms with E-state index in [-0.39, 0.29) is 23.4 Å². The lowest BCUT2D eigenvalue weighted by Gasteiger charge is -2.25. The molecule has 0 aromatic heterocycles. The van der Waals surface area contributed by atoms with Gasteiger partial charge in [0.2, 0.25) is 5.91 Å². The van der Waals surface area contributed by atoms with E-state index in [2.05, 4.69) is 5.32 Å². The van der Waals surface area contributed by atoms with E-state index in [4.69, 9.17) is 16.7 Å². The van der Waals surface area contributed by atoms with Crippen LogP contribution in [0.4, 0.5) is 10.1 Å². The largest absolute Gasteiger partial charge is 0.481 e. The van der Waals surface area contributed by atoms with Crippen LogP contribution in [0.1, 0.15) is 25.7 Å². The highest BCUT2D eigenvalue weighted by Gasteiger charge is 2.29. The van der Waals surface area contributed by atoms with E-state index in [0.29, 0.717) is 30.7 Å². The predicted octanol–water partition coefficient (Wildman–Crippen LogP) is 3.31. The maximum absolute atomic E-state index is 13.5. The quantitative estimate of drug-likeness (QED) is 0.900. The Labute approximate surface area is 120 Å². The Hall–Kier alpha value is -1.62. The number of benzene rings is 1. The molecule has 1 aliphatic carbocycles. The van der Waals surface area contributed by atoms with E-state index in [1.807, 2.05) is 0 Å². The molecule has 0 unspecified atom stereocenters. The van der Waals surface area contributed by atoms with Crippen LogP contribution in [0, 0.1) is 17.7 Å².